The van der Waals surface area contributed by atoms with Crippen molar-refractivity contribution in [3.8, 4) is 0 Å². The van der Waals surface area contributed by atoms with E-state index in [2.05, 4.69) is 4.72 Å². The molecule has 1 aromatic rings. The van der Waals surface area contributed by atoms with E-state index in [1.54, 1.807) is 6.07 Å². The highest BCUT2D eigenvalue weighted by Crippen LogP contribution is 2.17. The Bertz CT molecular complexity index is 505. The molecule has 0 bridgehead atoms. The van der Waals surface area contributed by atoms with Crippen LogP contribution in [0.4, 0.5) is 4.39 Å². The maximum absolute atomic E-state index is 13.0. The van der Waals surface area contributed by atoms with Crippen molar-refractivity contribution in [2.75, 3.05) is 6.54 Å². The molecule has 0 unspecified atom stereocenters. The van der Waals surface area contributed by atoms with Crippen molar-refractivity contribution >= 4 is 10.0 Å². The predicted octanol–water partition coefficient (Wildman–Crippen LogP) is 1.76. The van der Waals surface area contributed by atoms with Gasteiger partial charge in [0.15, 0.2) is 0 Å². The van der Waals surface area contributed by atoms with Gasteiger partial charge in [-0.15, -0.1) is 0 Å². The van der Waals surface area contributed by atoms with Crippen LogP contribution in [0.15, 0.2) is 24.3 Å². The zero-order valence-corrected chi connectivity index (χ0v) is 12.1. The van der Waals surface area contributed by atoms with Gasteiger partial charge in [0.1, 0.15) is 5.82 Å². The normalized spacial score (nSPS) is 12.6. The standard InChI is InChI=1S/C13H21FN2O2S/c1-3-13(4-2,10-15)16-19(17,18)9-11-6-5-7-12(14)8-11/h5-8,16H,3-4,9-10,15H2,1-2H3. The average molecular weight is 288 g/mol. The van der Waals surface area contributed by atoms with Crippen LogP contribution >= 0.6 is 0 Å². The lowest BCUT2D eigenvalue weighted by molar-refractivity contribution is 0.363. The predicted molar refractivity (Wildman–Crippen MR) is 74.5 cm³/mol. The fourth-order valence-corrected chi connectivity index (χ4v) is 3.66. The van der Waals surface area contributed by atoms with Crippen LogP contribution in [-0.2, 0) is 15.8 Å². The lowest BCUT2D eigenvalue weighted by Gasteiger charge is -2.31. The quantitative estimate of drug-likeness (QED) is 0.803. The van der Waals surface area contributed by atoms with Gasteiger partial charge in [-0.25, -0.2) is 17.5 Å². The SMILES string of the molecule is CCC(CC)(CN)NS(=O)(=O)Cc1cccc(F)c1. The van der Waals surface area contributed by atoms with Crippen molar-refractivity contribution in [1.29, 1.82) is 0 Å². The summed E-state index contributed by atoms with van der Waals surface area (Å²) in [6.45, 7) is 4.02. The van der Waals surface area contributed by atoms with E-state index in [9.17, 15) is 12.8 Å². The summed E-state index contributed by atoms with van der Waals surface area (Å²) in [6, 6.07) is 5.59. The summed E-state index contributed by atoms with van der Waals surface area (Å²) in [5.74, 6) is -0.684. The second-order valence-electron chi connectivity index (χ2n) is 4.68. The highest BCUT2D eigenvalue weighted by atomic mass is 32.2. The van der Waals surface area contributed by atoms with E-state index in [-0.39, 0.29) is 12.3 Å². The summed E-state index contributed by atoms with van der Waals surface area (Å²) < 4.78 is 39.9. The summed E-state index contributed by atoms with van der Waals surface area (Å²) in [7, 11) is -3.54. The van der Waals surface area contributed by atoms with E-state index >= 15 is 0 Å². The minimum atomic E-state index is -3.54. The van der Waals surface area contributed by atoms with Crippen LogP contribution in [0.3, 0.4) is 0 Å². The molecule has 0 aliphatic carbocycles. The molecule has 0 aliphatic rings. The zero-order chi connectivity index (χ0) is 14.5. The van der Waals surface area contributed by atoms with Crippen molar-refractivity contribution < 1.29 is 12.8 Å². The zero-order valence-electron chi connectivity index (χ0n) is 11.3. The Kier molecular flexibility index (Phi) is 5.46. The molecule has 3 N–H and O–H groups in total. The monoisotopic (exact) mass is 288 g/mol. The molecule has 0 radical (unpaired) electrons. The topological polar surface area (TPSA) is 72.2 Å². The van der Waals surface area contributed by atoms with Gasteiger partial charge in [-0.3, -0.25) is 0 Å². The minimum Gasteiger partial charge on any atom is -0.329 e. The van der Waals surface area contributed by atoms with E-state index in [4.69, 9.17) is 5.73 Å². The number of nitrogens with two attached hydrogens (primary N) is 1. The van der Waals surface area contributed by atoms with E-state index in [0.29, 0.717) is 18.4 Å². The van der Waals surface area contributed by atoms with Crippen LogP contribution in [0.2, 0.25) is 0 Å². The number of benzene rings is 1. The van der Waals surface area contributed by atoms with Gasteiger partial charge in [0.2, 0.25) is 10.0 Å². The molecule has 0 atom stereocenters. The van der Waals surface area contributed by atoms with Gasteiger partial charge < -0.3 is 5.73 Å². The fourth-order valence-electron chi connectivity index (χ4n) is 1.94. The molecule has 0 saturated carbocycles. The van der Waals surface area contributed by atoms with Gasteiger partial charge in [-0.05, 0) is 30.5 Å². The Labute approximate surface area is 114 Å². The van der Waals surface area contributed by atoms with Crippen LogP contribution in [0.1, 0.15) is 32.3 Å². The van der Waals surface area contributed by atoms with Gasteiger partial charge in [0.05, 0.1) is 5.75 Å². The first kappa shape index (κ1) is 16.1. The molecule has 0 amide bonds. The Morgan fingerprint density at radius 3 is 2.42 bits per heavy atom. The van der Waals surface area contributed by atoms with Crippen molar-refractivity contribution in [2.45, 2.75) is 38.0 Å². The van der Waals surface area contributed by atoms with E-state index in [1.807, 2.05) is 13.8 Å². The Morgan fingerprint density at radius 2 is 1.95 bits per heavy atom. The largest absolute Gasteiger partial charge is 0.329 e. The Hall–Kier alpha value is -0.980. The van der Waals surface area contributed by atoms with Gasteiger partial charge in [0, 0.05) is 12.1 Å². The molecule has 19 heavy (non-hydrogen) atoms. The Balaban J connectivity index is 2.87. The first-order valence-electron chi connectivity index (χ1n) is 6.32. The second kappa shape index (κ2) is 6.45. The maximum atomic E-state index is 13.0. The second-order valence-corrected chi connectivity index (χ2v) is 6.40. The van der Waals surface area contributed by atoms with Crippen LogP contribution in [0.25, 0.3) is 0 Å². The van der Waals surface area contributed by atoms with E-state index in [1.165, 1.54) is 18.2 Å². The van der Waals surface area contributed by atoms with Gasteiger partial charge in [-0.2, -0.15) is 0 Å². The molecule has 0 aliphatic heterocycles. The number of hydrogen-bond donors (Lipinski definition) is 2. The summed E-state index contributed by atoms with van der Waals surface area (Å²) in [5.41, 5.74) is 5.47. The molecule has 0 aromatic heterocycles. The summed E-state index contributed by atoms with van der Waals surface area (Å²) >= 11 is 0. The average Bonchev–Trinajstić information content (AvgIpc) is 2.35. The van der Waals surface area contributed by atoms with Gasteiger partial charge >= 0.3 is 0 Å². The third-order valence-corrected chi connectivity index (χ3v) is 4.82. The molecular weight excluding hydrogens is 267 g/mol. The lowest BCUT2D eigenvalue weighted by Crippen LogP contribution is -2.53. The summed E-state index contributed by atoms with van der Waals surface area (Å²) in [6.07, 6.45) is 1.23. The third kappa shape index (κ3) is 4.56. The number of nitrogens with one attached hydrogen (secondary N) is 1. The number of halogens is 1. The number of rotatable bonds is 7. The fraction of sp³-hybridized carbons (Fsp3) is 0.538. The molecule has 1 rings (SSSR count). The molecule has 0 saturated heterocycles. The minimum absolute atomic E-state index is 0.238. The first-order valence-corrected chi connectivity index (χ1v) is 7.98. The highest BCUT2D eigenvalue weighted by Gasteiger charge is 2.29. The summed E-state index contributed by atoms with van der Waals surface area (Å²) in [5, 5.41) is 0. The first-order chi connectivity index (χ1) is 8.86. The molecule has 4 nitrogen and oxygen atoms in total. The van der Waals surface area contributed by atoms with Crippen LogP contribution in [0, 0.1) is 5.82 Å². The summed E-state index contributed by atoms with van der Waals surface area (Å²) in [4.78, 5) is 0. The molecule has 6 heteroatoms. The van der Waals surface area contributed by atoms with Crippen LogP contribution in [-0.4, -0.2) is 20.5 Å². The van der Waals surface area contributed by atoms with Crippen molar-refractivity contribution in [1.82, 2.24) is 4.72 Å². The lowest BCUT2D eigenvalue weighted by atomic mass is 9.95. The molecule has 0 spiro atoms. The van der Waals surface area contributed by atoms with Crippen molar-refractivity contribution in [3.05, 3.63) is 35.6 Å². The highest BCUT2D eigenvalue weighted by molar-refractivity contribution is 7.88. The van der Waals surface area contributed by atoms with Crippen LogP contribution in [0.5, 0.6) is 0 Å². The van der Waals surface area contributed by atoms with Gasteiger partial charge in [0.25, 0.3) is 0 Å². The number of sulfonamides is 1. The Morgan fingerprint density at radius 1 is 1.32 bits per heavy atom. The van der Waals surface area contributed by atoms with Gasteiger partial charge in [-0.1, -0.05) is 26.0 Å². The molecule has 1 aromatic carbocycles. The van der Waals surface area contributed by atoms with E-state index < -0.39 is 21.4 Å². The molecular formula is C13H21FN2O2S. The molecule has 0 fully saturated rings. The number of hydrogen-bond acceptors (Lipinski definition) is 3. The smallest absolute Gasteiger partial charge is 0.216 e. The molecule has 108 valence electrons. The van der Waals surface area contributed by atoms with Crippen LogP contribution < -0.4 is 10.5 Å². The van der Waals surface area contributed by atoms with Crippen molar-refractivity contribution in [2.24, 2.45) is 5.73 Å². The third-order valence-electron chi connectivity index (χ3n) is 3.36. The maximum Gasteiger partial charge on any atom is 0.216 e. The van der Waals surface area contributed by atoms with E-state index in [0.717, 1.165) is 0 Å². The molecule has 0 heterocycles. The van der Waals surface area contributed by atoms with Crippen molar-refractivity contribution in [3.63, 3.8) is 0 Å².